The quantitative estimate of drug-likeness (QED) is 0.513. The second-order valence-electron chi connectivity index (χ2n) is 7.03. The van der Waals surface area contributed by atoms with Crippen LogP contribution in [0.15, 0.2) is 41.8 Å². The Kier molecular flexibility index (Phi) is 7.47. The van der Waals surface area contributed by atoms with Crippen molar-refractivity contribution in [3.8, 4) is 0 Å². The smallest absolute Gasteiger partial charge is 0.224 e. The Morgan fingerprint density at radius 1 is 1.32 bits per heavy atom. The summed E-state index contributed by atoms with van der Waals surface area (Å²) in [5.74, 6) is 0.827. The number of rotatable bonds is 9. The number of carbonyl (C=O) groups is 2. The lowest BCUT2D eigenvalue weighted by Crippen LogP contribution is -2.46. The molecule has 1 aromatic heterocycles. The lowest BCUT2D eigenvalue weighted by Gasteiger charge is -2.32. The van der Waals surface area contributed by atoms with Gasteiger partial charge in [-0.1, -0.05) is 42.1 Å². The van der Waals surface area contributed by atoms with Gasteiger partial charge in [0, 0.05) is 38.9 Å². The molecule has 150 valence electrons. The third kappa shape index (κ3) is 5.82. The number of aromatic nitrogens is 3. The van der Waals surface area contributed by atoms with E-state index >= 15 is 0 Å². The molecule has 1 saturated heterocycles. The first-order chi connectivity index (χ1) is 13.6. The molecule has 1 fully saturated rings. The summed E-state index contributed by atoms with van der Waals surface area (Å²) in [6.07, 6.45) is 4.61. The molecule has 7 nitrogen and oxygen atoms in total. The Morgan fingerprint density at radius 2 is 2.14 bits per heavy atom. The van der Waals surface area contributed by atoms with Gasteiger partial charge in [0.15, 0.2) is 5.16 Å². The fraction of sp³-hybridized carbons (Fsp3) is 0.500. The standard InChI is InChI=1S/C20H27N5O2S/c1-24-15-22-23-20(24)28-13-11-21-19(27)17-9-10-18(26)25(14-17)12-5-8-16-6-3-2-4-7-16/h2-4,6-7,15,17H,5,8-14H2,1H3,(H,21,27)/t17-/m0/s1. The number of carbonyl (C=O) groups excluding carboxylic acids is 2. The minimum Gasteiger partial charge on any atom is -0.355 e. The summed E-state index contributed by atoms with van der Waals surface area (Å²) in [7, 11) is 1.90. The second kappa shape index (κ2) is 10.3. The highest BCUT2D eigenvalue weighted by Gasteiger charge is 2.29. The molecule has 0 bridgehead atoms. The van der Waals surface area contributed by atoms with E-state index in [1.807, 2.05) is 34.7 Å². The third-order valence-electron chi connectivity index (χ3n) is 4.91. The van der Waals surface area contributed by atoms with Gasteiger partial charge in [-0.15, -0.1) is 10.2 Å². The average molecular weight is 402 g/mol. The monoisotopic (exact) mass is 401 g/mol. The molecule has 2 amide bonds. The number of benzene rings is 1. The fourth-order valence-corrected chi connectivity index (χ4v) is 4.07. The summed E-state index contributed by atoms with van der Waals surface area (Å²) in [5, 5.41) is 11.7. The van der Waals surface area contributed by atoms with E-state index < -0.39 is 0 Å². The molecule has 0 spiro atoms. The van der Waals surface area contributed by atoms with Crippen LogP contribution < -0.4 is 5.32 Å². The van der Waals surface area contributed by atoms with Crippen LogP contribution in [0.1, 0.15) is 24.8 Å². The summed E-state index contributed by atoms with van der Waals surface area (Å²) in [6.45, 7) is 1.81. The van der Waals surface area contributed by atoms with Gasteiger partial charge in [-0.2, -0.15) is 0 Å². The van der Waals surface area contributed by atoms with Gasteiger partial charge in [-0.3, -0.25) is 9.59 Å². The van der Waals surface area contributed by atoms with Crippen LogP contribution in [0.5, 0.6) is 0 Å². The van der Waals surface area contributed by atoms with Crippen LogP contribution in [0.25, 0.3) is 0 Å². The first-order valence-corrected chi connectivity index (χ1v) is 10.7. The molecule has 1 aliphatic rings. The zero-order chi connectivity index (χ0) is 19.8. The van der Waals surface area contributed by atoms with Crippen LogP contribution in [0.2, 0.25) is 0 Å². The Hall–Kier alpha value is -2.35. The van der Waals surface area contributed by atoms with E-state index in [2.05, 4.69) is 27.6 Å². The van der Waals surface area contributed by atoms with Gasteiger partial charge >= 0.3 is 0 Å². The Morgan fingerprint density at radius 3 is 2.89 bits per heavy atom. The van der Waals surface area contributed by atoms with Gasteiger partial charge in [0.2, 0.25) is 11.8 Å². The number of amides is 2. The lowest BCUT2D eigenvalue weighted by atomic mass is 9.96. The van der Waals surface area contributed by atoms with E-state index in [9.17, 15) is 9.59 Å². The summed E-state index contributed by atoms with van der Waals surface area (Å²) < 4.78 is 1.85. The van der Waals surface area contributed by atoms with Crippen LogP contribution in [0.4, 0.5) is 0 Å². The number of nitrogens with one attached hydrogen (secondary N) is 1. The summed E-state index contributed by atoms with van der Waals surface area (Å²) >= 11 is 1.56. The zero-order valence-corrected chi connectivity index (χ0v) is 17.0. The molecule has 1 atom stereocenters. The van der Waals surface area contributed by atoms with E-state index in [0.29, 0.717) is 32.5 Å². The number of aryl methyl sites for hydroxylation is 2. The van der Waals surface area contributed by atoms with Crippen molar-refractivity contribution < 1.29 is 9.59 Å². The van der Waals surface area contributed by atoms with Gasteiger partial charge in [-0.25, -0.2) is 0 Å². The molecule has 1 N–H and O–H groups in total. The van der Waals surface area contributed by atoms with E-state index in [1.165, 1.54) is 5.56 Å². The molecule has 0 saturated carbocycles. The fourth-order valence-electron chi connectivity index (χ4n) is 3.33. The highest BCUT2D eigenvalue weighted by atomic mass is 32.2. The van der Waals surface area contributed by atoms with Crippen molar-refractivity contribution in [2.24, 2.45) is 13.0 Å². The maximum absolute atomic E-state index is 12.5. The molecule has 28 heavy (non-hydrogen) atoms. The lowest BCUT2D eigenvalue weighted by molar-refractivity contribution is -0.138. The zero-order valence-electron chi connectivity index (χ0n) is 16.2. The molecular weight excluding hydrogens is 374 g/mol. The maximum Gasteiger partial charge on any atom is 0.224 e. The maximum atomic E-state index is 12.5. The number of piperidine rings is 1. The van der Waals surface area contributed by atoms with Gasteiger partial charge in [0.1, 0.15) is 6.33 Å². The first kappa shape index (κ1) is 20.4. The highest BCUT2D eigenvalue weighted by Crippen LogP contribution is 2.19. The number of thioether (sulfide) groups is 1. The van der Waals surface area contributed by atoms with Crippen molar-refractivity contribution in [3.05, 3.63) is 42.2 Å². The van der Waals surface area contributed by atoms with Crippen molar-refractivity contribution in [2.45, 2.75) is 30.8 Å². The molecule has 0 unspecified atom stereocenters. The Balaban J connectivity index is 1.38. The van der Waals surface area contributed by atoms with E-state index in [4.69, 9.17) is 0 Å². The van der Waals surface area contributed by atoms with Gasteiger partial charge < -0.3 is 14.8 Å². The van der Waals surface area contributed by atoms with Crippen LogP contribution in [0, 0.1) is 5.92 Å². The number of hydrogen-bond donors (Lipinski definition) is 1. The SMILES string of the molecule is Cn1cnnc1SCCNC(=O)[C@H]1CCC(=O)N(CCCc2ccccc2)C1. The topological polar surface area (TPSA) is 80.1 Å². The van der Waals surface area contributed by atoms with Gasteiger partial charge in [0.05, 0.1) is 5.92 Å². The molecule has 0 aliphatic carbocycles. The molecule has 8 heteroatoms. The van der Waals surface area contributed by atoms with Gasteiger partial charge in [0.25, 0.3) is 0 Å². The second-order valence-corrected chi connectivity index (χ2v) is 8.09. The van der Waals surface area contributed by atoms with Gasteiger partial charge in [-0.05, 0) is 24.8 Å². The predicted octanol–water partition coefficient (Wildman–Crippen LogP) is 1.89. The Labute approximate surface area is 169 Å². The molecule has 2 aromatic rings. The predicted molar refractivity (Wildman–Crippen MR) is 109 cm³/mol. The molecule has 1 aliphatic heterocycles. The van der Waals surface area contributed by atoms with Crippen molar-refractivity contribution in [3.63, 3.8) is 0 Å². The van der Waals surface area contributed by atoms with Crippen LogP contribution in [-0.2, 0) is 23.1 Å². The summed E-state index contributed by atoms with van der Waals surface area (Å²) in [4.78, 5) is 26.5. The van der Waals surface area contributed by atoms with Crippen LogP contribution in [-0.4, -0.2) is 56.9 Å². The Bertz CT molecular complexity index is 780. The summed E-state index contributed by atoms with van der Waals surface area (Å²) in [5.41, 5.74) is 1.28. The molecule has 1 aromatic carbocycles. The minimum atomic E-state index is -0.116. The highest BCUT2D eigenvalue weighted by molar-refractivity contribution is 7.99. The van der Waals surface area contributed by atoms with Crippen molar-refractivity contribution >= 4 is 23.6 Å². The number of likely N-dealkylation sites (tertiary alicyclic amines) is 1. The van der Waals surface area contributed by atoms with Crippen molar-refractivity contribution in [1.29, 1.82) is 0 Å². The van der Waals surface area contributed by atoms with E-state index in [1.54, 1.807) is 18.1 Å². The molecular formula is C20H27N5O2S. The van der Waals surface area contributed by atoms with E-state index in [0.717, 1.165) is 23.8 Å². The molecule has 0 radical (unpaired) electrons. The molecule has 2 heterocycles. The third-order valence-corrected chi connectivity index (χ3v) is 5.95. The van der Waals surface area contributed by atoms with Crippen LogP contribution >= 0.6 is 11.8 Å². The first-order valence-electron chi connectivity index (χ1n) is 9.69. The largest absolute Gasteiger partial charge is 0.355 e. The van der Waals surface area contributed by atoms with Crippen molar-refractivity contribution in [1.82, 2.24) is 25.0 Å². The van der Waals surface area contributed by atoms with E-state index in [-0.39, 0.29) is 17.7 Å². The molecule has 3 rings (SSSR count). The number of nitrogens with zero attached hydrogens (tertiary/aromatic N) is 4. The number of hydrogen-bond acceptors (Lipinski definition) is 5. The average Bonchev–Trinajstić information content (AvgIpc) is 3.12. The summed E-state index contributed by atoms with van der Waals surface area (Å²) in [6, 6.07) is 10.3. The normalized spacial score (nSPS) is 17.0. The van der Waals surface area contributed by atoms with Crippen molar-refractivity contribution in [2.75, 3.05) is 25.4 Å². The van der Waals surface area contributed by atoms with Crippen LogP contribution in [0.3, 0.4) is 0 Å². The minimum absolute atomic E-state index is 0.0409.